The van der Waals surface area contributed by atoms with Gasteiger partial charge in [0.2, 0.25) is 0 Å². The molecule has 2 aromatic rings. The van der Waals surface area contributed by atoms with E-state index >= 15 is 0 Å². The summed E-state index contributed by atoms with van der Waals surface area (Å²) in [5.41, 5.74) is 9.78. The highest BCUT2D eigenvalue weighted by atomic mass is 127. The van der Waals surface area contributed by atoms with Crippen LogP contribution in [-0.4, -0.2) is 21.9 Å². The molecule has 0 bridgehead atoms. The summed E-state index contributed by atoms with van der Waals surface area (Å²) in [6.07, 6.45) is 3.96. The third-order valence-electron chi connectivity index (χ3n) is 2.65. The van der Waals surface area contributed by atoms with E-state index in [0.29, 0.717) is 19.0 Å². The number of nitrogens with two attached hydrogens (primary N) is 1. The molecule has 0 aliphatic rings. The second-order valence-corrected chi connectivity index (χ2v) is 4.71. The number of imidazole rings is 1. The van der Waals surface area contributed by atoms with Gasteiger partial charge in [0.1, 0.15) is 5.65 Å². The minimum atomic E-state index is 0. The van der Waals surface area contributed by atoms with E-state index in [4.69, 9.17) is 5.73 Å². The summed E-state index contributed by atoms with van der Waals surface area (Å²) in [6, 6.07) is 4.08. The summed E-state index contributed by atoms with van der Waals surface area (Å²) in [7, 11) is 0. The molecule has 0 fully saturated rings. The Hall–Kier alpha value is -1.57. The highest BCUT2D eigenvalue weighted by Crippen LogP contribution is 2.08. The fraction of sp³-hybridized carbons (Fsp3) is 0.286. The maximum atomic E-state index is 5.75. The summed E-state index contributed by atoms with van der Waals surface area (Å²) < 4.78 is 1.98. The SMILES string of the molecule is C=C(C)CNC(N)=NCc1cn2ccc(C)cc2n1.I. The molecule has 0 unspecified atom stereocenters. The minimum Gasteiger partial charge on any atom is -0.370 e. The summed E-state index contributed by atoms with van der Waals surface area (Å²) in [5, 5.41) is 2.99. The molecule has 2 aromatic heterocycles. The van der Waals surface area contributed by atoms with E-state index in [1.54, 1.807) is 0 Å². The third-order valence-corrected chi connectivity index (χ3v) is 2.65. The van der Waals surface area contributed by atoms with Gasteiger partial charge >= 0.3 is 0 Å². The average molecular weight is 385 g/mol. The lowest BCUT2D eigenvalue weighted by Crippen LogP contribution is -2.32. The third kappa shape index (κ3) is 4.52. The number of aryl methyl sites for hydroxylation is 1. The Labute approximate surface area is 136 Å². The largest absolute Gasteiger partial charge is 0.370 e. The topological polar surface area (TPSA) is 67.7 Å². The Morgan fingerprint density at radius 1 is 1.55 bits per heavy atom. The predicted molar refractivity (Wildman–Crippen MR) is 93.5 cm³/mol. The molecule has 20 heavy (non-hydrogen) atoms. The van der Waals surface area contributed by atoms with Gasteiger partial charge in [0, 0.05) is 18.9 Å². The molecule has 0 aromatic carbocycles. The lowest BCUT2D eigenvalue weighted by molar-refractivity contribution is 0.928. The second-order valence-electron chi connectivity index (χ2n) is 4.71. The molecule has 5 nitrogen and oxygen atoms in total. The highest BCUT2D eigenvalue weighted by Gasteiger charge is 2.01. The van der Waals surface area contributed by atoms with Crippen LogP contribution >= 0.6 is 24.0 Å². The Balaban J connectivity index is 0.00000200. The van der Waals surface area contributed by atoms with Crippen LogP contribution in [0.1, 0.15) is 18.2 Å². The van der Waals surface area contributed by atoms with E-state index in [2.05, 4.69) is 21.9 Å². The monoisotopic (exact) mass is 385 g/mol. The fourth-order valence-electron chi connectivity index (χ4n) is 1.68. The number of fused-ring (bicyclic) bond motifs is 1. The first-order chi connectivity index (χ1) is 9.04. The van der Waals surface area contributed by atoms with Gasteiger partial charge in [0.15, 0.2) is 5.96 Å². The summed E-state index contributed by atoms with van der Waals surface area (Å²) >= 11 is 0. The molecular formula is C14H20IN5. The first-order valence-electron chi connectivity index (χ1n) is 6.17. The first-order valence-corrected chi connectivity index (χ1v) is 6.17. The number of hydrogen-bond donors (Lipinski definition) is 2. The van der Waals surface area contributed by atoms with Gasteiger partial charge in [0.25, 0.3) is 0 Å². The van der Waals surface area contributed by atoms with Crippen molar-refractivity contribution in [1.82, 2.24) is 14.7 Å². The molecule has 0 saturated carbocycles. The first kappa shape index (κ1) is 16.5. The molecule has 0 amide bonds. The molecule has 0 aliphatic heterocycles. The van der Waals surface area contributed by atoms with Crippen molar-refractivity contribution < 1.29 is 0 Å². The van der Waals surface area contributed by atoms with Gasteiger partial charge in [-0.15, -0.1) is 24.0 Å². The number of rotatable bonds is 4. The fourth-order valence-corrected chi connectivity index (χ4v) is 1.68. The van der Waals surface area contributed by atoms with Crippen molar-refractivity contribution in [2.24, 2.45) is 10.7 Å². The molecule has 0 saturated heterocycles. The quantitative estimate of drug-likeness (QED) is 0.367. The minimum absolute atomic E-state index is 0. The van der Waals surface area contributed by atoms with E-state index in [9.17, 15) is 0 Å². The Kier molecular flexibility index (Phi) is 6.00. The van der Waals surface area contributed by atoms with Gasteiger partial charge in [-0.2, -0.15) is 0 Å². The van der Waals surface area contributed by atoms with Crippen LogP contribution in [0.3, 0.4) is 0 Å². The zero-order valence-electron chi connectivity index (χ0n) is 11.8. The van der Waals surface area contributed by atoms with Gasteiger partial charge in [-0.1, -0.05) is 12.2 Å². The molecule has 0 radical (unpaired) electrons. The van der Waals surface area contributed by atoms with Crippen LogP contribution < -0.4 is 11.1 Å². The molecular weight excluding hydrogens is 365 g/mol. The average Bonchev–Trinajstić information content (AvgIpc) is 2.75. The number of pyridine rings is 1. The normalized spacial score (nSPS) is 11.2. The van der Waals surface area contributed by atoms with Crippen LogP contribution in [-0.2, 0) is 6.54 Å². The molecule has 0 atom stereocenters. The molecule has 2 heterocycles. The van der Waals surface area contributed by atoms with Crippen molar-refractivity contribution in [2.75, 3.05) is 6.54 Å². The molecule has 2 rings (SSSR count). The van der Waals surface area contributed by atoms with Crippen LogP contribution in [0.4, 0.5) is 0 Å². The van der Waals surface area contributed by atoms with Gasteiger partial charge in [0.05, 0.1) is 12.2 Å². The van der Waals surface area contributed by atoms with Crippen LogP contribution in [0, 0.1) is 6.92 Å². The summed E-state index contributed by atoms with van der Waals surface area (Å²) in [6.45, 7) is 8.88. The van der Waals surface area contributed by atoms with Crippen LogP contribution in [0.25, 0.3) is 5.65 Å². The smallest absolute Gasteiger partial charge is 0.189 e. The standard InChI is InChI=1S/C14H19N5.HI/c1-10(2)7-16-14(15)17-8-12-9-19-5-4-11(3)6-13(19)18-12;/h4-6,9H,1,7-8H2,2-3H3,(H3,15,16,17);1H. The van der Waals surface area contributed by atoms with Crippen LogP contribution in [0.2, 0.25) is 0 Å². The van der Waals surface area contributed by atoms with E-state index in [1.165, 1.54) is 5.56 Å². The molecule has 6 heteroatoms. The Morgan fingerprint density at radius 3 is 3.00 bits per heavy atom. The zero-order chi connectivity index (χ0) is 13.8. The number of nitrogens with one attached hydrogen (secondary N) is 1. The predicted octanol–water partition coefficient (Wildman–Crippen LogP) is 2.24. The maximum absolute atomic E-state index is 5.75. The molecule has 0 aliphatic carbocycles. The number of hydrogen-bond acceptors (Lipinski definition) is 2. The maximum Gasteiger partial charge on any atom is 0.189 e. The van der Waals surface area contributed by atoms with Crippen molar-refractivity contribution in [3.63, 3.8) is 0 Å². The molecule has 3 N–H and O–H groups in total. The van der Waals surface area contributed by atoms with Crippen molar-refractivity contribution in [3.8, 4) is 0 Å². The second kappa shape index (κ2) is 7.28. The lowest BCUT2D eigenvalue weighted by atomic mass is 10.3. The highest BCUT2D eigenvalue weighted by molar-refractivity contribution is 14.0. The van der Waals surface area contributed by atoms with Crippen LogP contribution in [0.15, 0.2) is 41.7 Å². The van der Waals surface area contributed by atoms with Gasteiger partial charge in [-0.05, 0) is 31.5 Å². The van der Waals surface area contributed by atoms with E-state index < -0.39 is 0 Å². The van der Waals surface area contributed by atoms with Gasteiger partial charge < -0.3 is 15.5 Å². The number of nitrogens with zero attached hydrogens (tertiary/aromatic N) is 3. The van der Waals surface area contributed by atoms with E-state index in [0.717, 1.165) is 16.9 Å². The van der Waals surface area contributed by atoms with Crippen LogP contribution in [0.5, 0.6) is 0 Å². The summed E-state index contributed by atoms with van der Waals surface area (Å²) in [5.74, 6) is 0.413. The molecule has 0 spiro atoms. The van der Waals surface area contributed by atoms with Crippen molar-refractivity contribution in [2.45, 2.75) is 20.4 Å². The van der Waals surface area contributed by atoms with Gasteiger partial charge in [-0.25, -0.2) is 9.98 Å². The number of halogens is 1. The lowest BCUT2D eigenvalue weighted by Gasteiger charge is -2.03. The number of aromatic nitrogens is 2. The number of guanidine groups is 1. The zero-order valence-corrected chi connectivity index (χ0v) is 14.1. The number of aliphatic imine (C=N–C) groups is 1. The van der Waals surface area contributed by atoms with Crippen molar-refractivity contribution >= 4 is 35.6 Å². The van der Waals surface area contributed by atoms with E-state index in [1.807, 2.05) is 42.8 Å². The Morgan fingerprint density at radius 2 is 2.30 bits per heavy atom. The van der Waals surface area contributed by atoms with E-state index in [-0.39, 0.29) is 24.0 Å². The molecule has 108 valence electrons. The Bertz CT molecular complexity index is 630. The van der Waals surface area contributed by atoms with Gasteiger partial charge in [-0.3, -0.25) is 0 Å². The van der Waals surface area contributed by atoms with Crippen molar-refractivity contribution in [3.05, 3.63) is 47.9 Å². The summed E-state index contributed by atoms with van der Waals surface area (Å²) in [4.78, 5) is 8.75. The van der Waals surface area contributed by atoms with Crippen molar-refractivity contribution in [1.29, 1.82) is 0 Å².